The normalized spacial score (nSPS) is 12.9. The van der Waals surface area contributed by atoms with Crippen LogP contribution < -0.4 is 10.6 Å². The molecule has 2 amide bonds. The Morgan fingerprint density at radius 1 is 1.02 bits per heavy atom. The first-order chi connectivity index (χ1) is 18.6. The molecule has 16 heteroatoms. The molecule has 0 fully saturated rings. The summed E-state index contributed by atoms with van der Waals surface area (Å²) in [7, 11) is -3.49. The van der Waals surface area contributed by atoms with E-state index in [9.17, 15) is 44.3 Å². The Bertz CT molecular complexity index is 1470. The summed E-state index contributed by atoms with van der Waals surface area (Å²) in [6.07, 6.45) is -11.0. The Morgan fingerprint density at radius 2 is 1.61 bits per heavy atom. The van der Waals surface area contributed by atoms with Crippen molar-refractivity contribution >= 4 is 49.9 Å². The van der Waals surface area contributed by atoms with Gasteiger partial charge < -0.3 is 15.4 Å². The van der Waals surface area contributed by atoms with E-state index >= 15 is 0 Å². The molecule has 0 spiro atoms. The van der Waals surface area contributed by atoms with Gasteiger partial charge in [-0.1, -0.05) is 18.2 Å². The largest absolute Gasteiger partial charge is 0.430 e. The number of aryl methyl sites for hydroxylation is 1. The van der Waals surface area contributed by atoms with E-state index in [2.05, 4.69) is 15.4 Å². The number of carbonyl (C=O) groups is 2. The molecular formula is C25H24F6IN3O5S. The van der Waals surface area contributed by atoms with Crippen LogP contribution in [-0.2, 0) is 20.2 Å². The van der Waals surface area contributed by atoms with Crippen molar-refractivity contribution in [3.05, 3.63) is 62.2 Å². The second-order valence-electron chi connectivity index (χ2n) is 9.68. The van der Waals surface area contributed by atoms with Gasteiger partial charge in [-0.3, -0.25) is 9.59 Å². The molecule has 2 aromatic carbocycles. The highest BCUT2D eigenvalue weighted by Crippen LogP contribution is 2.53. The average molecular weight is 719 g/mol. The van der Waals surface area contributed by atoms with Crippen LogP contribution in [0.5, 0.6) is 0 Å². The third-order valence-electron chi connectivity index (χ3n) is 5.59. The SMILES string of the molecule is Cc1cc(C(OCC#N)(C(F)(F)F)C(F)(F)F)ccc1NC(=O)c1cccc(I)c1C(=O)NC(C)(C)CS(C)(=O)=O. The minimum absolute atomic E-state index is 0.125. The number of hydrogen-bond acceptors (Lipinski definition) is 6. The van der Waals surface area contributed by atoms with E-state index in [1.165, 1.54) is 32.0 Å². The minimum atomic E-state index is -5.99. The Morgan fingerprint density at radius 3 is 2.10 bits per heavy atom. The van der Waals surface area contributed by atoms with Crippen molar-refractivity contribution in [2.45, 2.75) is 44.3 Å². The van der Waals surface area contributed by atoms with Crippen LogP contribution in [0, 0.1) is 21.8 Å². The number of rotatable bonds is 9. The number of nitriles is 1. The molecule has 2 aromatic rings. The van der Waals surface area contributed by atoms with Gasteiger partial charge in [0.15, 0.2) is 0 Å². The summed E-state index contributed by atoms with van der Waals surface area (Å²) in [4.78, 5) is 26.3. The van der Waals surface area contributed by atoms with Crippen LogP contribution in [0.25, 0.3) is 0 Å². The maximum atomic E-state index is 13.8. The van der Waals surface area contributed by atoms with Crippen molar-refractivity contribution in [3.63, 3.8) is 0 Å². The minimum Gasteiger partial charge on any atom is -0.346 e. The quantitative estimate of drug-likeness (QED) is 0.269. The Balaban J connectivity index is 2.50. The molecule has 0 saturated carbocycles. The Kier molecular flexibility index (Phi) is 10.2. The summed E-state index contributed by atoms with van der Waals surface area (Å²) < 4.78 is 111. The Labute approximate surface area is 245 Å². The van der Waals surface area contributed by atoms with Crippen molar-refractivity contribution in [2.24, 2.45) is 0 Å². The van der Waals surface area contributed by atoms with Crippen molar-refractivity contribution in [1.29, 1.82) is 5.26 Å². The zero-order valence-corrected chi connectivity index (χ0v) is 24.9. The average Bonchev–Trinajstić information content (AvgIpc) is 2.77. The second kappa shape index (κ2) is 12.1. The van der Waals surface area contributed by atoms with Crippen molar-refractivity contribution in [2.75, 3.05) is 23.9 Å². The van der Waals surface area contributed by atoms with Gasteiger partial charge in [0.1, 0.15) is 16.4 Å². The van der Waals surface area contributed by atoms with Crippen LogP contribution >= 0.6 is 22.6 Å². The van der Waals surface area contributed by atoms with Gasteiger partial charge >= 0.3 is 12.4 Å². The van der Waals surface area contributed by atoms with E-state index in [0.717, 1.165) is 25.3 Å². The molecule has 0 aliphatic carbocycles. The third kappa shape index (κ3) is 7.89. The van der Waals surface area contributed by atoms with Crippen LogP contribution in [0.1, 0.15) is 45.7 Å². The number of sulfone groups is 1. The molecule has 0 saturated heterocycles. The molecule has 0 heterocycles. The summed E-state index contributed by atoms with van der Waals surface area (Å²) in [6, 6.07) is 7.14. The number of amides is 2. The number of carbonyl (C=O) groups excluding carboxylic acids is 2. The topological polar surface area (TPSA) is 125 Å². The lowest BCUT2D eigenvalue weighted by molar-refractivity contribution is -0.386. The molecule has 0 aromatic heterocycles. The first-order valence-electron chi connectivity index (χ1n) is 11.4. The smallest absolute Gasteiger partial charge is 0.346 e. The predicted octanol–water partition coefficient (Wildman–Crippen LogP) is 5.27. The maximum Gasteiger partial charge on any atom is 0.430 e. The summed E-state index contributed by atoms with van der Waals surface area (Å²) in [6.45, 7) is 2.58. The zero-order valence-electron chi connectivity index (χ0n) is 21.9. The standard InChI is InChI=1S/C25H24F6IN3O5S/c1-14-12-15(23(24(26,27)28,25(29,30)31)40-11-10-33)8-9-18(14)34-20(36)16-6-5-7-17(32)19(16)21(37)35-22(2,3)13-41(4,38)39/h5-9,12H,11,13H2,1-4H3,(H,34,36)(H,35,37). The van der Waals surface area contributed by atoms with Crippen LogP contribution in [-0.4, -0.2) is 56.7 Å². The lowest BCUT2D eigenvalue weighted by atomic mass is 9.90. The van der Waals surface area contributed by atoms with Gasteiger partial charge in [0.2, 0.25) is 0 Å². The van der Waals surface area contributed by atoms with E-state index in [1.54, 1.807) is 22.6 Å². The summed E-state index contributed by atoms with van der Waals surface area (Å²) in [5.74, 6) is -2.10. The zero-order chi connectivity index (χ0) is 31.6. The van der Waals surface area contributed by atoms with Crippen LogP contribution in [0.2, 0.25) is 0 Å². The van der Waals surface area contributed by atoms with Gasteiger partial charge in [0.25, 0.3) is 17.4 Å². The lowest BCUT2D eigenvalue weighted by Crippen LogP contribution is -2.56. The van der Waals surface area contributed by atoms with Crippen LogP contribution in [0.15, 0.2) is 36.4 Å². The molecular weight excluding hydrogens is 695 g/mol. The van der Waals surface area contributed by atoms with E-state index < -0.39 is 63.1 Å². The monoisotopic (exact) mass is 719 g/mol. The summed E-state index contributed by atoms with van der Waals surface area (Å²) >= 11 is 1.78. The number of nitrogens with zero attached hydrogens (tertiary/aromatic N) is 1. The molecule has 0 atom stereocenters. The fraction of sp³-hybridized carbons (Fsp3) is 0.400. The fourth-order valence-corrected chi connectivity index (χ4v) is 6.22. The van der Waals surface area contributed by atoms with Gasteiger partial charge in [-0.2, -0.15) is 31.6 Å². The number of benzene rings is 2. The highest BCUT2D eigenvalue weighted by Gasteiger charge is 2.73. The fourth-order valence-electron chi connectivity index (χ4n) is 4.09. The third-order valence-corrected chi connectivity index (χ3v) is 7.74. The van der Waals surface area contributed by atoms with Gasteiger partial charge in [-0.05, 0) is 67.1 Å². The molecule has 8 nitrogen and oxygen atoms in total. The van der Waals surface area contributed by atoms with Crippen molar-refractivity contribution in [1.82, 2.24) is 5.32 Å². The number of ether oxygens (including phenoxy) is 1. The molecule has 0 aliphatic heterocycles. The van der Waals surface area contributed by atoms with Gasteiger partial charge in [-0.25, -0.2) is 8.42 Å². The number of anilines is 1. The molecule has 41 heavy (non-hydrogen) atoms. The van der Waals surface area contributed by atoms with Crippen LogP contribution in [0.3, 0.4) is 0 Å². The Hall–Kier alpha value is -2.91. The van der Waals surface area contributed by atoms with Crippen molar-refractivity contribution in [3.8, 4) is 6.07 Å². The van der Waals surface area contributed by atoms with Gasteiger partial charge in [-0.15, -0.1) is 0 Å². The van der Waals surface area contributed by atoms with Gasteiger partial charge in [0.05, 0.1) is 22.9 Å². The van der Waals surface area contributed by atoms with Crippen molar-refractivity contribution < 1.29 is 49.1 Å². The number of hydrogen-bond donors (Lipinski definition) is 2. The molecule has 0 unspecified atom stereocenters. The highest BCUT2D eigenvalue weighted by atomic mass is 127. The lowest BCUT2D eigenvalue weighted by Gasteiger charge is -2.37. The first-order valence-corrected chi connectivity index (χ1v) is 14.6. The van der Waals surface area contributed by atoms with E-state index in [-0.39, 0.29) is 22.4 Å². The highest BCUT2D eigenvalue weighted by molar-refractivity contribution is 14.1. The number of halogens is 7. The molecule has 0 aliphatic rings. The van der Waals surface area contributed by atoms with E-state index in [0.29, 0.717) is 15.7 Å². The number of alkyl halides is 6. The number of nitrogens with one attached hydrogen (secondary N) is 2. The summed E-state index contributed by atoms with van der Waals surface area (Å²) in [5, 5.41) is 13.5. The molecule has 2 rings (SSSR count). The summed E-state index contributed by atoms with van der Waals surface area (Å²) in [5.41, 5.74) is -8.07. The molecule has 0 bridgehead atoms. The van der Waals surface area contributed by atoms with E-state index in [1.807, 2.05) is 0 Å². The van der Waals surface area contributed by atoms with E-state index in [4.69, 9.17) is 5.26 Å². The molecule has 0 radical (unpaired) electrons. The molecule has 224 valence electrons. The maximum absolute atomic E-state index is 13.8. The first kappa shape index (κ1) is 34.3. The molecule has 2 N–H and O–H groups in total. The predicted molar refractivity (Wildman–Crippen MR) is 145 cm³/mol. The van der Waals surface area contributed by atoms with Crippen LogP contribution in [0.4, 0.5) is 32.0 Å². The van der Waals surface area contributed by atoms with Gasteiger partial charge in [0, 0.05) is 26.6 Å². The second-order valence-corrected chi connectivity index (χ2v) is 13.0.